The molecular weight excluding hydrogens is 264 g/mol. The van der Waals surface area contributed by atoms with Crippen LogP contribution in [0, 0.1) is 6.92 Å². The molecule has 0 amide bonds. The molecule has 0 saturated heterocycles. The molecular formula is C18H20O3. The summed E-state index contributed by atoms with van der Waals surface area (Å²) >= 11 is 0. The summed E-state index contributed by atoms with van der Waals surface area (Å²) in [4.78, 5) is 11.1. The van der Waals surface area contributed by atoms with Crippen LogP contribution in [0.15, 0.2) is 48.5 Å². The average molecular weight is 284 g/mol. The SMILES string of the molecule is CCC(=O)OCc1ccc(OCc2ccc(C)cc2)cc1. The molecule has 0 unspecified atom stereocenters. The molecule has 0 heterocycles. The molecule has 3 heteroatoms. The van der Waals surface area contributed by atoms with E-state index in [1.165, 1.54) is 5.56 Å². The van der Waals surface area contributed by atoms with Crippen LogP contribution < -0.4 is 4.74 Å². The smallest absolute Gasteiger partial charge is 0.305 e. The molecule has 21 heavy (non-hydrogen) atoms. The van der Waals surface area contributed by atoms with E-state index in [2.05, 4.69) is 31.2 Å². The number of ether oxygens (including phenoxy) is 2. The van der Waals surface area contributed by atoms with Crippen LogP contribution in [0.25, 0.3) is 0 Å². The topological polar surface area (TPSA) is 35.5 Å². The number of hydrogen-bond donors (Lipinski definition) is 0. The van der Waals surface area contributed by atoms with Crippen molar-refractivity contribution < 1.29 is 14.3 Å². The number of hydrogen-bond acceptors (Lipinski definition) is 3. The molecule has 0 fully saturated rings. The molecule has 2 aromatic carbocycles. The van der Waals surface area contributed by atoms with Gasteiger partial charge >= 0.3 is 5.97 Å². The van der Waals surface area contributed by atoms with E-state index in [0.29, 0.717) is 19.6 Å². The van der Waals surface area contributed by atoms with Crippen molar-refractivity contribution in [3.63, 3.8) is 0 Å². The Kier molecular flexibility index (Phi) is 5.38. The van der Waals surface area contributed by atoms with Crippen LogP contribution in [0.4, 0.5) is 0 Å². The highest BCUT2D eigenvalue weighted by Crippen LogP contribution is 2.15. The average Bonchev–Trinajstić information content (AvgIpc) is 2.53. The molecule has 0 atom stereocenters. The van der Waals surface area contributed by atoms with Crippen molar-refractivity contribution in [2.45, 2.75) is 33.5 Å². The first-order chi connectivity index (χ1) is 10.2. The van der Waals surface area contributed by atoms with Crippen molar-refractivity contribution in [2.24, 2.45) is 0 Å². The lowest BCUT2D eigenvalue weighted by molar-refractivity contribution is -0.144. The van der Waals surface area contributed by atoms with Gasteiger partial charge in [0, 0.05) is 6.42 Å². The van der Waals surface area contributed by atoms with Crippen LogP contribution in [0.1, 0.15) is 30.0 Å². The van der Waals surface area contributed by atoms with Crippen LogP contribution >= 0.6 is 0 Å². The van der Waals surface area contributed by atoms with E-state index in [-0.39, 0.29) is 5.97 Å². The number of aryl methyl sites for hydroxylation is 1. The van der Waals surface area contributed by atoms with Gasteiger partial charge in [-0.05, 0) is 30.2 Å². The van der Waals surface area contributed by atoms with E-state index >= 15 is 0 Å². The molecule has 0 bridgehead atoms. The quantitative estimate of drug-likeness (QED) is 0.751. The normalized spacial score (nSPS) is 10.2. The maximum atomic E-state index is 11.1. The number of esters is 1. The lowest BCUT2D eigenvalue weighted by Gasteiger charge is -2.08. The van der Waals surface area contributed by atoms with Gasteiger partial charge in [0.25, 0.3) is 0 Å². The van der Waals surface area contributed by atoms with Gasteiger partial charge in [-0.3, -0.25) is 4.79 Å². The predicted octanol–water partition coefficient (Wildman–Crippen LogP) is 4.03. The van der Waals surface area contributed by atoms with Crippen molar-refractivity contribution in [3.8, 4) is 5.75 Å². The maximum absolute atomic E-state index is 11.1. The van der Waals surface area contributed by atoms with E-state index in [4.69, 9.17) is 9.47 Å². The summed E-state index contributed by atoms with van der Waals surface area (Å²) in [5, 5.41) is 0. The number of carbonyl (C=O) groups excluding carboxylic acids is 1. The fraction of sp³-hybridized carbons (Fsp3) is 0.278. The van der Waals surface area contributed by atoms with Crippen molar-refractivity contribution in [3.05, 3.63) is 65.2 Å². The number of benzene rings is 2. The first kappa shape index (κ1) is 15.1. The van der Waals surface area contributed by atoms with Crippen molar-refractivity contribution in [1.29, 1.82) is 0 Å². The Hall–Kier alpha value is -2.29. The number of carbonyl (C=O) groups is 1. The van der Waals surface area contributed by atoms with E-state index in [1.54, 1.807) is 6.92 Å². The van der Waals surface area contributed by atoms with Crippen LogP contribution in [0.5, 0.6) is 5.75 Å². The zero-order valence-corrected chi connectivity index (χ0v) is 12.5. The third kappa shape index (κ3) is 4.95. The summed E-state index contributed by atoms with van der Waals surface area (Å²) in [6.45, 7) is 4.70. The zero-order valence-electron chi connectivity index (χ0n) is 12.5. The van der Waals surface area contributed by atoms with Crippen molar-refractivity contribution in [1.82, 2.24) is 0 Å². The van der Waals surface area contributed by atoms with Crippen LogP contribution in [0.2, 0.25) is 0 Å². The molecule has 110 valence electrons. The minimum atomic E-state index is -0.185. The Balaban J connectivity index is 1.84. The molecule has 0 saturated carbocycles. The molecule has 2 aromatic rings. The highest BCUT2D eigenvalue weighted by molar-refractivity contribution is 5.68. The molecule has 0 spiro atoms. The minimum absolute atomic E-state index is 0.185. The summed E-state index contributed by atoms with van der Waals surface area (Å²) in [6, 6.07) is 15.9. The monoisotopic (exact) mass is 284 g/mol. The molecule has 3 nitrogen and oxygen atoms in total. The Morgan fingerprint density at radius 1 is 0.905 bits per heavy atom. The zero-order chi connectivity index (χ0) is 15.1. The molecule has 0 aliphatic heterocycles. The fourth-order valence-electron chi connectivity index (χ4n) is 1.80. The standard InChI is InChI=1S/C18H20O3/c1-3-18(19)21-13-16-8-10-17(11-9-16)20-12-15-6-4-14(2)5-7-15/h4-11H,3,12-13H2,1-2H3. The number of rotatable bonds is 6. The Morgan fingerprint density at radius 3 is 2.10 bits per heavy atom. The minimum Gasteiger partial charge on any atom is -0.489 e. The van der Waals surface area contributed by atoms with E-state index < -0.39 is 0 Å². The second-order valence-electron chi connectivity index (χ2n) is 4.93. The highest BCUT2D eigenvalue weighted by atomic mass is 16.5. The first-order valence-electron chi connectivity index (χ1n) is 7.10. The van der Waals surface area contributed by atoms with Crippen LogP contribution in [-0.2, 0) is 22.7 Å². The largest absolute Gasteiger partial charge is 0.489 e. The van der Waals surface area contributed by atoms with Crippen molar-refractivity contribution in [2.75, 3.05) is 0 Å². The van der Waals surface area contributed by atoms with Crippen LogP contribution in [0.3, 0.4) is 0 Å². The van der Waals surface area contributed by atoms with E-state index in [0.717, 1.165) is 16.9 Å². The van der Waals surface area contributed by atoms with Gasteiger partial charge in [0.2, 0.25) is 0 Å². The van der Waals surface area contributed by atoms with Gasteiger partial charge in [-0.1, -0.05) is 48.9 Å². The van der Waals surface area contributed by atoms with Crippen LogP contribution in [-0.4, -0.2) is 5.97 Å². The highest BCUT2D eigenvalue weighted by Gasteiger charge is 2.01. The molecule has 0 radical (unpaired) electrons. The third-order valence-electron chi connectivity index (χ3n) is 3.14. The van der Waals surface area contributed by atoms with Crippen molar-refractivity contribution >= 4 is 5.97 Å². The molecule has 0 N–H and O–H groups in total. The maximum Gasteiger partial charge on any atom is 0.305 e. The molecule has 2 rings (SSSR count). The van der Waals surface area contributed by atoms with Gasteiger partial charge < -0.3 is 9.47 Å². The summed E-state index contributed by atoms with van der Waals surface area (Å²) in [7, 11) is 0. The molecule has 0 aromatic heterocycles. The predicted molar refractivity (Wildman–Crippen MR) is 82.0 cm³/mol. The second kappa shape index (κ2) is 7.48. The lowest BCUT2D eigenvalue weighted by atomic mass is 10.2. The van der Waals surface area contributed by atoms with Gasteiger partial charge in [-0.2, -0.15) is 0 Å². The summed E-state index contributed by atoms with van der Waals surface area (Å²) in [6.07, 6.45) is 0.401. The Labute approximate surface area is 125 Å². The van der Waals surface area contributed by atoms with Gasteiger partial charge in [0.05, 0.1) is 0 Å². The third-order valence-corrected chi connectivity index (χ3v) is 3.14. The second-order valence-corrected chi connectivity index (χ2v) is 4.93. The fourth-order valence-corrected chi connectivity index (χ4v) is 1.80. The Bertz CT molecular complexity index is 570. The van der Waals surface area contributed by atoms with Gasteiger partial charge in [-0.15, -0.1) is 0 Å². The van der Waals surface area contributed by atoms with E-state index in [9.17, 15) is 4.79 Å². The van der Waals surface area contributed by atoms with E-state index in [1.807, 2.05) is 24.3 Å². The van der Waals surface area contributed by atoms with Gasteiger partial charge in [0.1, 0.15) is 19.0 Å². The molecule has 0 aliphatic carbocycles. The van der Waals surface area contributed by atoms with Gasteiger partial charge in [-0.25, -0.2) is 0 Å². The first-order valence-corrected chi connectivity index (χ1v) is 7.10. The summed E-state index contributed by atoms with van der Waals surface area (Å²) in [5.74, 6) is 0.621. The Morgan fingerprint density at radius 2 is 1.48 bits per heavy atom. The summed E-state index contributed by atoms with van der Waals surface area (Å²) < 4.78 is 10.8. The lowest BCUT2D eigenvalue weighted by Crippen LogP contribution is -2.02. The molecule has 0 aliphatic rings. The summed E-state index contributed by atoms with van der Waals surface area (Å²) in [5.41, 5.74) is 3.34. The van der Waals surface area contributed by atoms with Gasteiger partial charge in [0.15, 0.2) is 0 Å².